The highest BCUT2D eigenvalue weighted by Gasteiger charge is 2.43. The van der Waals surface area contributed by atoms with E-state index in [1.807, 2.05) is 12.2 Å². The molecule has 0 aromatic carbocycles. The lowest BCUT2D eigenvalue weighted by Crippen LogP contribution is -2.18. The normalized spacial score (nSPS) is 35.2. The summed E-state index contributed by atoms with van der Waals surface area (Å²) in [6, 6.07) is 2.44. The summed E-state index contributed by atoms with van der Waals surface area (Å²) in [5.41, 5.74) is -0.130. The van der Waals surface area contributed by atoms with Crippen molar-refractivity contribution in [3.8, 4) is 6.07 Å². The molecule has 0 saturated heterocycles. The molecule has 0 amide bonds. The molecule has 1 heteroatoms. The Morgan fingerprint density at radius 2 is 2.18 bits per heavy atom. The molecule has 0 aromatic rings. The van der Waals surface area contributed by atoms with Gasteiger partial charge in [-0.2, -0.15) is 5.26 Å². The summed E-state index contributed by atoms with van der Waals surface area (Å²) in [6.07, 6.45) is 11.6. The molecule has 0 bridgehead atoms. The average molecular weight is 145 g/mol. The van der Waals surface area contributed by atoms with E-state index in [2.05, 4.69) is 18.2 Å². The van der Waals surface area contributed by atoms with Gasteiger partial charge in [0, 0.05) is 0 Å². The minimum absolute atomic E-state index is 0.130. The molecule has 56 valence electrons. The Morgan fingerprint density at radius 1 is 1.36 bits per heavy atom. The summed E-state index contributed by atoms with van der Waals surface area (Å²) < 4.78 is 0. The van der Waals surface area contributed by atoms with Crippen molar-refractivity contribution in [3.05, 3.63) is 24.3 Å². The molecule has 11 heavy (non-hydrogen) atoms. The van der Waals surface area contributed by atoms with Crippen LogP contribution in [-0.2, 0) is 0 Å². The van der Waals surface area contributed by atoms with Gasteiger partial charge in [-0.1, -0.05) is 24.3 Å². The molecule has 2 aliphatic rings. The van der Waals surface area contributed by atoms with Gasteiger partial charge in [-0.3, -0.25) is 0 Å². The van der Waals surface area contributed by atoms with Crippen LogP contribution >= 0.6 is 0 Å². The average Bonchev–Trinajstić information content (AvgIpc) is 2.88. The molecule has 2 rings (SSSR count). The summed E-state index contributed by atoms with van der Waals surface area (Å²) in [5, 5.41) is 9.02. The molecule has 0 heterocycles. The molecular weight excluding hydrogens is 134 g/mol. The van der Waals surface area contributed by atoms with E-state index in [1.165, 1.54) is 12.8 Å². The van der Waals surface area contributed by atoms with Crippen LogP contribution in [0.3, 0.4) is 0 Å². The molecule has 0 aromatic heterocycles. The van der Waals surface area contributed by atoms with Crippen molar-refractivity contribution >= 4 is 0 Å². The fourth-order valence-electron chi connectivity index (χ4n) is 1.71. The molecular formula is C10H11N. The second-order valence-electron chi connectivity index (χ2n) is 3.42. The summed E-state index contributed by atoms with van der Waals surface area (Å²) >= 11 is 0. The number of hydrogen-bond acceptors (Lipinski definition) is 1. The quantitative estimate of drug-likeness (QED) is 0.556. The smallest absolute Gasteiger partial charge is 0.0818 e. The van der Waals surface area contributed by atoms with Gasteiger partial charge in [0.2, 0.25) is 0 Å². The predicted octanol–water partition coefficient (Wildman–Crippen LogP) is 2.42. The fraction of sp³-hybridized carbons (Fsp3) is 0.500. The number of allylic oxidation sites excluding steroid dienone is 4. The minimum atomic E-state index is -0.130. The van der Waals surface area contributed by atoms with Crippen molar-refractivity contribution in [3.63, 3.8) is 0 Å². The second kappa shape index (κ2) is 2.23. The number of rotatable bonds is 1. The first-order valence-electron chi connectivity index (χ1n) is 4.13. The van der Waals surface area contributed by atoms with Gasteiger partial charge in [0.1, 0.15) is 0 Å². The van der Waals surface area contributed by atoms with Gasteiger partial charge >= 0.3 is 0 Å². The molecule has 2 aliphatic carbocycles. The third kappa shape index (κ3) is 0.991. The van der Waals surface area contributed by atoms with E-state index in [0.717, 1.165) is 6.42 Å². The van der Waals surface area contributed by atoms with Crippen LogP contribution in [0.25, 0.3) is 0 Å². The summed E-state index contributed by atoms with van der Waals surface area (Å²) in [5.74, 6) is 0.647. The SMILES string of the molecule is N#CC1(C2CC2)C=CC=CC1. The van der Waals surface area contributed by atoms with Gasteiger partial charge < -0.3 is 0 Å². The molecule has 1 atom stereocenters. The van der Waals surface area contributed by atoms with Crippen molar-refractivity contribution in [2.45, 2.75) is 19.3 Å². The second-order valence-corrected chi connectivity index (χ2v) is 3.42. The molecule has 1 unspecified atom stereocenters. The Bertz CT molecular complexity index is 253. The van der Waals surface area contributed by atoms with Crippen LogP contribution in [0.15, 0.2) is 24.3 Å². The Balaban J connectivity index is 2.24. The van der Waals surface area contributed by atoms with E-state index in [4.69, 9.17) is 5.26 Å². The Labute approximate surface area is 67.0 Å². The van der Waals surface area contributed by atoms with Crippen molar-refractivity contribution in [1.29, 1.82) is 5.26 Å². The summed E-state index contributed by atoms with van der Waals surface area (Å²) in [4.78, 5) is 0. The third-order valence-corrected chi connectivity index (χ3v) is 2.61. The molecule has 0 aliphatic heterocycles. The van der Waals surface area contributed by atoms with E-state index in [9.17, 15) is 0 Å². The molecule has 1 fully saturated rings. The van der Waals surface area contributed by atoms with Crippen LogP contribution in [0, 0.1) is 22.7 Å². The molecule has 1 nitrogen and oxygen atoms in total. The van der Waals surface area contributed by atoms with Crippen LogP contribution in [-0.4, -0.2) is 0 Å². The van der Waals surface area contributed by atoms with Crippen molar-refractivity contribution in [2.24, 2.45) is 11.3 Å². The topological polar surface area (TPSA) is 23.8 Å². The van der Waals surface area contributed by atoms with Gasteiger partial charge in [0.25, 0.3) is 0 Å². The zero-order chi connectivity index (χ0) is 7.73. The Morgan fingerprint density at radius 3 is 2.64 bits per heavy atom. The Hall–Kier alpha value is -1.03. The maximum atomic E-state index is 9.02. The van der Waals surface area contributed by atoms with Crippen molar-refractivity contribution in [2.75, 3.05) is 0 Å². The van der Waals surface area contributed by atoms with Crippen molar-refractivity contribution in [1.82, 2.24) is 0 Å². The first-order valence-corrected chi connectivity index (χ1v) is 4.13. The number of nitriles is 1. The highest BCUT2D eigenvalue weighted by Crippen LogP contribution is 2.49. The first-order chi connectivity index (χ1) is 5.37. The lowest BCUT2D eigenvalue weighted by atomic mass is 9.78. The van der Waals surface area contributed by atoms with Crippen LogP contribution in [0.1, 0.15) is 19.3 Å². The van der Waals surface area contributed by atoms with Gasteiger partial charge in [0.05, 0.1) is 11.5 Å². The highest BCUT2D eigenvalue weighted by atomic mass is 14.5. The van der Waals surface area contributed by atoms with E-state index >= 15 is 0 Å². The van der Waals surface area contributed by atoms with Crippen LogP contribution < -0.4 is 0 Å². The number of nitrogens with zero attached hydrogens (tertiary/aromatic N) is 1. The zero-order valence-electron chi connectivity index (χ0n) is 6.46. The van der Waals surface area contributed by atoms with Gasteiger partial charge in [-0.05, 0) is 25.2 Å². The van der Waals surface area contributed by atoms with Gasteiger partial charge in [0.15, 0.2) is 0 Å². The third-order valence-electron chi connectivity index (χ3n) is 2.61. The van der Waals surface area contributed by atoms with Gasteiger partial charge in [-0.15, -0.1) is 0 Å². The van der Waals surface area contributed by atoms with E-state index in [0.29, 0.717) is 5.92 Å². The monoisotopic (exact) mass is 145 g/mol. The highest BCUT2D eigenvalue weighted by molar-refractivity contribution is 5.27. The maximum Gasteiger partial charge on any atom is 0.0818 e. The number of hydrogen-bond donors (Lipinski definition) is 0. The van der Waals surface area contributed by atoms with E-state index in [1.54, 1.807) is 0 Å². The van der Waals surface area contributed by atoms with Gasteiger partial charge in [-0.25, -0.2) is 0 Å². The van der Waals surface area contributed by atoms with Crippen LogP contribution in [0.2, 0.25) is 0 Å². The molecule has 1 saturated carbocycles. The maximum absolute atomic E-state index is 9.02. The predicted molar refractivity (Wildman–Crippen MR) is 43.7 cm³/mol. The van der Waals surface area contributed by atoms with E-state index in [-0.39, 0.29) is 5.41 Å². The summed E-state index contributed by atoms with van der Waals surface area (Å²) in [7, 11) is 0. The lowest BCUT2D eigenvalue weighted by Gasteiger charge is -2.22. The summed E-state index contributed by atoms with van der Waals surface area (Å²) in [6.45, 7) is 0. The van der Waals surface area contributed by atoms with Crippen LogP contribution in [0.4, 0.5) is 0 Å². The largest absolute Gasteiger partial charge is 0.197 e. The molecule has 0 N–H and O–H groups in total. The standard InChI is InChI=1S/C10H11N/c11-8-10(9-4-5-9)6-2-1-3-7-10/h1-3,6,9H,4-5,7H2. The van der Waals surface area contributed by atoms with Crippen LogP contribution in [0.5, 0.6) is 0 Å². The Kier molecular flexibility index (Phi) is 1.35. The zero-order valence-corrected chi connectivity index (χ0v) is 6.46. The first kappa shape index (κ1) is 6.67. The minimum Gasteiger partial charge on any atom is -0.197 e. The molecule has 0 spiro atoms. The fourth-order valence-corrected chi connectivity index (χ4v) is 1.71. The van der Waals surface area contributed by atoms with E-state index < -0.39 is 0 Å². The molecule has 0 radical (unpaired) electrons. The van der Waals surface area contributed by atoms with Crippen molar-refractivity contribution < 1.29 is 0 Å². The lowest BCUT2D eigenvalue weighted by molar-refractivity contribution is 0.440.